The van der Waals surface area contributed by atoms with Gasteiger partial charge >= 0.3 is 0 Å². The van der Waals surface area contributed by atoms with E-state index in [-0.39, 0.29) is 12.5 Å². The fourth-order valence-corrected chi connectivity index (χ4v) is 3.98. The Morgan fingerprint density at radius 1 is 1.26 bits per heavy atom. The molecule has 0 spiro atoms. The van der Waals surface area contributed by atoms with Crippen LogP contribution in [0.1, 0.15) is 36.8 Å². The first-order valence-electron chi connectivity index (χ1n) is 9.94. The highest BCUT2D eigenvalue weighted by molar-refractivity contribution is 5.86. The molecule has 1 fully saturated rings. The molecule has 1 heterocycles. The number of nitrogens with zero attached hydrogens (tertiary/aromatic N) is 2. The van der Waals surface area contributed by atoms with E-state index in [4.69, 9.17) is 4.74 Å². The number of aliphatic imine (C=N–C) groups is 1. The van der Waals surface area contributed by atoms with Crippen molar-refractivity contribution in [3.8, 4) is 0 Å². The second-order valence-corrected chi connectivity index (χ2v) is 7.71. The first kappa shape index (κ1) is 19.7. The van der Waals surface area contributed by atoms with Crippen molar-refractivity contribution in [3.05, 3.63) is 35.4 Å². The predicted molar refractivity (Wildman–Crippen MR) is 108 cm³/mol. The van der Waals surface area contributed by atoms with E-state index in [2.05, 4.69) is 33.8 Å². The fraction of sp³-hybridized carbons (Fsp3) is 0.619. The van der Waals surface area contributed by atoms with E-state index >= 15 is 0 Å². The second-order valence-electron chi connectivity index (χ2n) is 7.71. The number of amides is 1. The summed E-state index contributed by atoms with van der Waals surface area (Å²) in [6.45, 7) is 3.42. The Balaban J connectivity index is 1.45. The van der Waals surface area contributed by atoms with Gasteiger partial charge in [0, 0.05) is 40.4 Å². The molecule has 0 saturated heterocycles. The molecule has 2 aliphatic rings. The molecule has 6 nitrogen and oxygen atoms in total. The monoisotopic (exact) mass is 372 g/mol. The van der Waals surface area contributed by atoms with Gasteiger partial charge in [0.15, 0.2) is 5.96 Å². The molecule has 0 radical (unpaired) electrons. The van der Waals surface area contributed by atoms with Crippen LogP contribution in [-0.2, 0) is 22.5 Å². The zero-order valence-corrected chi connectivity index (χ0v) is 16.6. The summed E-state index contributed by atoms with van der Waals surface area (Å²) in [6.07, 6.45) is 5.74. The minimum atomic E-state index is 0.116. The molecule has 1 saturated carbocycles. The standard InChI is InChI=1S/C21H32N4O2/c1-22-20(24-16-21(9-5-10-21)11-13-27-2)23-14-19(26)25-12-8-17-6-3-4-7-18(17)15-25/h3-4,6-7H,5,8-16H2,1-2H3,(H2,22,23,24). The molecule has 1 aromatic carbocycles. The molecule has 1 aromatic rings. The van der Waals surface area contributed by atoms with Crippen molar-refractivity contribution in [2.45, 2.75) is 38.6 Å². The van der Waals surface area contributed by atoms with Gasteiger partial charge in [-0.25, -0.2) is 0 Å². The molecule has 148 valence electrons. The van der Waals surface area contributed by atoms with Crippen LogP contribution in [0.25, 0.3) is 0 Å². The van der Waals surface area contributed by atoms with Crippen LogP contribution in [0.4, 0.5) is 0 Å². The number of methoxy groups -OCH3 is 1. The van der Waals surface area contributed by atoms with E-state index in [0.29, 0.717) is 17.9 Å². The highest BCUT2D eigenvalue weighted by Crippen LogP contribution is 2.43. The number of guanidine groups is 1. The summed E-state index contributed by atoms with van der Waals surface area (Å²) >= 11 is 0. The average Bonchev–Trinajstić information content (AvgIpc) is 2.68. The van der Waals surface area contributed by atoms with Gasteiger partial charge in [-0.15, -0.1) is 0 Å². The van der Waals surface area contributed by atoms with Gasteiger partial charge in [0.25, 0.3) is 0 Å². The molecule has 0 aromatic heterocycles. The lowest BCUT2D eigenvalue weighted by Gasteiger charge is -2.42. The van der Waals surface area contributed by atoms with E-state index < -0.39 is 0 Å². The smallest absolute Gasteiger partial charge is 0.242 e. The van der Waals surface area contributed by atoms with Crippen molar-refractivity contribution in [1.82, 2.24) is 15.5 Å². The SMILES string of the molecule is CN=C(NCC(=O)N1CCc2ccccc2C1)NCC1(CCOC)CCC1. The highest BCUT2D eigenvalue weighted by Gasteiger charge is 2.36. The van der Waals surface area contributed by atoms with Crippen LogP contribution in [0.2, 0.25) is 0 Å². The summed E-state index contributed by atoms with van der Waals surface area (Å²) < 4.78 is 5.25. The zero-order valence-electron chi connectivity index (χ0n) is 16.6. The number of hydrogen-bond donors (Lipinski definition) is 2. The molecule has 1 amide bonds. The van der Waals surface area contributed by atoms with Crippen LogP contribution in [-0.4, -0.2) is 57.2 Å². The minimum absolute atomic E-state index is 0.116. The summed E-state index contributed by atoms with van der Waals surface area (Å²) in [6, 6.07) is 8.37. The van der Waals surface area contributed by atoms with Gasteiger partial charge in [0.2, 0.25) is 5.91 Å². The molecule has 1 aliphatic carbocycles. The first-order valence-corrected chi connectivity index (χ1v) is 9.94. The molecular formula is C21H32N4O2. The molecule has 0 atom stereocenters. The summed E-state index contributed by atoms with van der Waals surface area (Å²) in [5.74, 6) is 0.814. The van der Waals surface area contributed by atoms with E-state index in [0.717, 1.165) is 32.5 Å². The van der Waals surface area contributed by atoms with Crippen molar-refractivity contribution in [2.24, 2.45) is 10.4 Å². The summed E-state index contributed by atoms with van der Waals surface area (Å²) in [4.78, 5) is 18.8. The molecular weight excluding hydrogens is 340 g/mol. The maximum atomic E-state index is 12.6. The van der Waals surface area contributed by atoms with Gasteiger partial charge < -0.3 is 20.3 Å². The lowest BCUT2D eigenvalue weighted by molar-refractivity contribution is -0.130. The van der Waals surface area contributed by atoms with Crippen molar-refractivity contribution in [3.63, 3.8) is 0 Å². The second kappa shape index (κ2) is 9.22. The van der Waals surface area contributed by atoms with Crippen LogP contribution in [0.3, 0.4) is 0 Å². The summed E-state index contributed by atoms with van der Waals surface area (Å²) in [7, 11) is 3.50. The molecule has 2 N–H and O–H groups in total. The lowest BCUT2D eigenvalue weighted by atomic mass is 9.67. The molecule has 3 rings (SSSR count). The Kier molecular flexibility index (Phi) is 6.72. The van der Waals surface area contributed by atoms with Gasteiger partial charge in [0.05, 0.1) is 6.54 Å². The Labute approximate surface area is 162 Å². The molecule has 27 heavy (non-hydrogen) atoms. The number of fused-ring (bicyclic) bond motifs is 1. The number of nitrogens with one attached hydrogen (secondary N) is 2. The Hall–Kier alpha value is -2.08. The average molecular weight is 373 g/mol. The van der Waals surface area contributed by atoms with E-state index in [1.165, 1.54) is 30.4 Å². The van der Waals surface area contributed by atoms with Crippen molar-refractivity contribution < 1.29 is 9.53 Å². The number of carbonyl (C=O) groups is 1. The molecule has 1 aliphatic heterocycles. The summed E-state index contributed by atoms with van der Waals surface area (Å²) in [5.41, 5.74) is 2.92. The van der Waals surface area contributed by atoms with E-state index in [1.807, 2.05) is 11.0 Å². The van der Waals surface area contributed by atoms with Gasteiger partial charge in [-0.1, -0.05) is 30.7 Å². The third-order valence-electron chi connectivity index (χ3n) is 6.00. The van der Waals surface area contributed by atoms with Gasteiger partial charge in [-0.2, -0.15) is 0 Å². The predicted octanol–water partition coefficient (Wildman–Crippen LogP) is 1.94. The van der Waals surface area contributed by atoms with E-state index in [9.17, 15) is 4.79 Å². The van der Waals surface area contributed by atoms with Gasteiger partial charge in [0.1, 0.15) is 0 Å². The molecule has 6 heteroatoms. The van der Waals surface area contributed by atoms with Crippen LogP contribution in [0.5, 0.6) is 0 Å². The maximum absolute atomic E-state index is 12.6. The van der Waals surface area contributed by atoms with Gasteiger partial charge in [-0.05, 0) is 42.2 Å². The maximum Gasteiger partial charge on any atom is 0.242 e. The first-order chi connectivity index (χ1) is 13.2. The van der Waals surface area contributed by atoms with Crippen molar-refractivity contribution in [2.75, 3.05) is 40.4 Å². The number of carbonyl (C=O) groups excluding carboxylic acids is 1. The third-order valence-corrected chi connectivity index (χ3v) is 6.00. The van der Waals surface area contributed by atoms with Crippen molar-refractivity contribution in [1.29, 1.82) is 0 Å². The Morgan fingerprint density at radius 3 is 2.70 bits per heavy atom. The largest absolute Gasteiger partial charge is 0.385 e. The lowest BCUT2D eigenvalue weighted by Crippen LogP contribution is -2.49. The minimum Gasteiger partial charge on any atom is -0.385 e. The highest BCUT2D eigenvalue weighted by atomic mass is 16.5. The molecule has 0 unspecified atom stereocenters. The van der Waals surface area contributed by atoms with Crippen molar-refractivity contribution >= 4 is 11.9 Å². The topological polar surface area (TPSA) is 66.0 Å². The third kappa shape index (κ3) is 5.01. The number of benzene rings is 1. The van der Waals surface area contributed by atoms with Crippen LogP contribution in [0, 0.1) is 5.41 Å². The number of ether oxygens (including phenoxy) is 1. The zero-order chi connectivity index (χ0) is 19.1. The number of hydrogen-bond acceptors (Lipinski definition) is 3. The fourth-order valence-electron chi connectivity index (χ4n) is 3.98. The normalized spacial score (nSPS) is 18.4. The van der Waals surface area contributed by atoms with Crippen LogP contribution in [0.15, 0.2) is 29.3 Å². The number of rotatable bonds is 7. The van der Waals surface area contributed by atoms with Crippen LogP contribution < -0.4 is 10.6 Å². The summed E-state index contributed by atoms with van der Waals surface area (Å²) in [5, 5.41) is 6.59. The van der Waals surface area contributed by atoms with Crippen LogP contribution >= 0.6 is 0 Å². The Bertz CT molecular complexity index is 670. The van der Waals surface area contributed by atoms with Gasteiger partial charge in [-0.3, -0.25) is 9.79 Å². The Morgan fingerprint density at radius 2 is 2.04 bits per heavy atom. The van der Waals surface area contributed by atoms with E-state index in [1.54, 1.807) is 14.2 Å². The molecule has 0 bridgehead atoms. The quantitative estimate of drug-likeness (QED) is 0.567.